The third-order valence-corrected chi connectivity index (χ3v) is 1.17. The summed E-state index contributed by atoms with van der Waals surface area (Å²) in [5.74, 6) is -0.437. The van der Waals surface area contributed by atoms with Crippen LogP contribution in [0.1, 0.15) is 6.92 Å². The molecular formula is C5H7N3O. The van der Waals surface area contributed by atoms with Gasteiger partial charge in [-0.3, -0.25) is 4.79 Å². The predicted octanol–water partition coefficient (Wildman–Crippen LogP) is 0.210. The lowest BCUT2D eigenvalue weighted by Gasteiger charge is -1.97. The number of hydrogen-bond acceptors (Lipinski definition) is 3. The summed E-state index contributed by atoms with van der Waals surface area (Å²) in [4.78, 5) is 10.4. The Morgan fingerprint density at radius 1 is 1.89 bits per heavy atom. The number of hydrogen-bond donors (Lipinski definition) is 1. The highest BCUT2D eigenvalue weighted by molar-refractivity contribution is 5.93. The molecule has 9 heavy (non-hydrogen) atoms. The van der Waals surface area contributed by atoms with Crippen LogP contribution in [0.15, 0.2) is 22.0 Å². The van der Waals surface area contributed by atoms with E-state index in [0.29, 0.717) is 5.57 Å². The number of nitrogens with two attached hydrogens (primary N) is 1. The van der Waals surface area contributed by atoms with Gasteiger partial charge in [0, 0.05) is 0 Å². The molecule has 0 aromatic heterocycles. The van der Waals surface area contributed by atoms with Gasteiger partial charge in [0.15, 0.2) is 0 Å². The first-order valence-electron chi connectivity index (χ1n) is 2.61. The van der Waals surface area contributed by atoms with Crippen molar-refractivity contribution in [1.29, 1.82) is 0 Å². The van der Waals surface area contributed by atoms with Crippen LogP contribution in [0.25, 0.3) is 0 Å². The second-order valence-corrected chi connectivity index (χ2v) is 1.86. The molecule has 1 aliphatic heterocycles. The fourth-order valence-corrected chi connectivity index (χ4v) is 0.635. The molecule has 1 unspecified atom stereocenters. The summed E-state index contributed by atoms with van der Waals surface area (Å²) in [7, 11) is 0. The smallest absolute Gasteiger partial charge is 0.248 e. The molecule has 48 valence electrons. The van der Waals surface area contributed by atoms with Gasteiger partial charge >= 0.3 is 0 Å². The number of rotatable bonds is 1. The quantitative estimate of drug-likeness (QED) is 0.534. The molecule has 1 amide bonds. The molecule has 0 aliphatic carbocycles. The molecule has 4 nitrogen and oxygen atoms in total. The van der Waals surface area contributed by atoms with E-state index in [0.717, 1.165) is 0 Å². The molecule has 0 bridgehead atoms. The average molecular weight is 125 g/mol. The van der Waals surface area contributed by atoms with Gasteiger partial charge < -0.3 is 5.73 Å². The van der Waals surface area contributed by atoms with Crippen molar-refractivity contribution < 1.29 is 4.79 Å². The molecule has 0 aromatic rings. The Labute approximate surface area is 52.5 Å². The van der Waals surface area contributed by atoms with Gasteiger partial charge in [0.2, 0.25) is 5.91 Å². The molecule has 0 aromatic carbocycles. The summed E-state index contributed by atoms with van der Waals surface area (Å²) in [6.07, 6.45) is 1.40. The maximum Gasteiger partial charge on any atom is 0.248 e. The van der Waals surface area contributed by atoms with Gasteiger partial charge in [-0.05, 0) is 6.92 Å². The fraction of sp³-hybridized carbons (Fsp3) is 0.400. The van der Waals surface area contributed by atoms with Crippen LogP contribution in [-0.2, 0) is 4.79 Å². The first-order chi connectivity index (χ1) is 4.22. The number of carbonyl (C=O) groups excluding carboxylic acids is 1. The molecule has 0 spiro atoms. The summed E-state index contributed by atoms with van der Waals surface area (Å²) >= 11 is 0. The van der Waals surface area contributed by atoms with Gasteiger partial charge in [0.1, 0.15) is 6.04 Å². The van der Waals surface area contributed by atoms with E-state index in [-0.39, 0.29) is 6.04 Å². The van der Waals surface area contributed by atoms with Crippen LogP contribution in [0.4, 0.5) is 0 Å². The Morgan fingerprint density at radius 2 is 2.56 bits per heavy atom. The van der Waals surface area contributed by atoms with Crippen LogP contribution < -0.4 is 5.73 Å². The summed E-state index contributed by atoms with van der Waals surface area (Å²) < 4.78 is 0. The highest BCUT2D eigenvalue weighted by Gasteiger charge is 2.16. The van der Waals surface area contributed by atoms with E-state index < -0.39 is 5.91 Å². The Morgan fingerprint density at radius 3 is 2.78 bits per heavy atom. The molecule has 0 saturated heterocycles. The van der Waals surface area contributed by atoms with E-state index in [1.165, 1.54) is 6.20 Å². The Bertz CT molecular complexity index is 194. The van der Waals surface area contributed by atoms with Crippen molar-refractivity contribution in [3.63, 3.8) is 0 Å². The van der Waals surface area contributed by atoms with Crippen molar-refractivity contribution in [3.8, 4) is 0 Å². The molecule has 1 aliphatic rings. The van der Waals surface area contributed by atoms with E-state index in [1.54, 1.807) is 6.92 Å². The maximum atomic E-state index is 10.4. The predicted molar refractivity (Wildman–Crippen MR) is 31.6 cm³/mol. The number of nitrogens with zero attached hydrogens (tertiary/aromatic N) is 2. The third-order valence-electron chi connectivity index (χ3n) is 1.17. The van der Waals surface area contributed by atoms with Crippen molar-refractivity contribution in [1.82, 2.24) is 0 Å². The van der Waals surface area contributed by atoms with E-state index in [1.807, 2.05) is 0 Å². The summed E-state index contributed by atoms with van der Waals surface area (Å²) in [6.45, 7) is 1.77. The van der Waals surface area contributed by atoms with Gasteiger partial charge in [-0.2, -0.15) is 10.2 Å². The van der Waals surface area contributed by atoms with Crippen molar-refractivity contribution in [3.05, 3.63) is 11.8 Å². The zero-order valence-electron chi connectivity index (χ0n) is 5.03. The lowest BCUT2D eigenvalue weighted by molar-refractivity contribution is -0.114. The number of primary amides is 1. The molecule has 0 saturated carbocycles. The zero-order chi connectivity index (χ0) is 6.85. The summed E-state index contributed by atoms with van der Waals surface area (Å²) in [5, 5.41) is 7.20. The van der Waals surface area contributed by atoms with Gasteiger partial charge in [-0.15, -0.1) is 0 Å². The second-order valence-electron chi connectivity index (χ2n) is 1.86. The highest BCUT2D eigenvalue weighted by Crippen LogP contribution is 2.12. The summed E-state index contributed by atoms with van der Waals surface area (Å²) in [6, 6.07) is -0.150. The molecule has 4 heteroatoms. The lowest BCUT2D eigenvalue weighted by atomic mass is 10.1. The first kappa shape index (κ1) is 5.94. The minimum atomic E-state index is -0.437. The number of amides is 1. The topological polar surface area (TPSA) is 67.8 Å². The van der Waals surface area contributed by atoms with Gasteiger partial charge in [-0.25, -0.2) is 0 Å². The number of azo groups is 1. The van der Waals surface area contributed by atoms with Crippen LogP contribution >= 0.6 is 0 Å². The SMILES string of the molecule is CC1N=NC=C1C(N)=O. The second kappa shape index (κ2) is 1.97. The van der Waals surface area contributed by atoms with Crippen molar-refractivity contribution in [2.24, 2.45) is 16.0 Å². The molecule has 0 radical (unpaired) electrons. The van der Waals surface area contributed by atoms with Crippen LogP contribution in [0.3, 0.4) is 0 Å². The van der Waals surface area contributed by atoms with E-state index in [4.69, 9.17) is 5.73 Å². The fourth-order valence-electron chi connectivity index (χ4n) is 0.635. The highest BCUT2D eigenvalue weighted by atomic mass is 16.1. The lowest BCUT2D eigenvalue weighted by Crippen LogP contribution is -2.19. The molecule has 2 N–H and O–H groups in total. The Balaban J connectivity index is 2.76. The standard InChI is InChI=1S/C5H7N3O/c1-3-4(5(6)9)2-7-8-3/h2-3H,1H3,(H2,6,9). The van der Waals surface area contributed by atoms with Gasteiger partial charge in [-0.1, -0.05) is 0 Å². The molecule has 0 fully saturated rings. The normalized spacial score (nSPS) is 24.1. The largest absolute Gasteiger partial charge is 0.366 e. The third kappa shape index (κ3) is 0.960. The van der Waals surface area contributed by atoms with Crippen molar-refractivity contribution in [2.75, 3.05) is 0 Å². The van der Waals surface area contributed by atoms with E-state index in [9.17, 15) is 4.79 Å². The molecule has 1 heterocycles. The minimum absolute atomic E-state index is 0.150. The zero-order valence-corrected chi connectivity index (χ0v) is 5.03. The van der Waals surface area contributed by atoms with Crippen LogP contribution in [-0.4, -0.2) is 11.9 Å². The van der Waals surface area contributed by atoms with Gasteiger partial charge in [0.05, 0.1) is 11.8 Å². The van der Waals surface area contributed by atoms with E-state index >= 15 is 0 Å². The average Bonchev–Trinajstić information content (AvgIpc) is 2.13. The van der Waals surface area contributed by atoms with Crippen LogP contribution in [0, 0.1) is 0 Å². The molecule has 1 atom stereocenters. The van der Waals surface area contributed by atoms with Crippen LogP contribution in [0.2, 0.25) is 0 Å². The molecular weight excluding hydrogens is 118 g/mol. The Hall–Kier alpha value is -1.19. The molecule has 1 rings (SSSR count). The minimum Gasteiger partial charge on any atom is -0.366 e. The first-order valence-corrected chi connectivity index (χ1v) is 2.61. The summed E-state index contributed by atoms with van der Waals surface area (Å²) in [5.41, 5.74) is 5.44. The van der Waals surface area contributed by atoms with E-state index in [2.05, 4.69) is 10.2 Å². The Kier molecular flexibility index (Phi) is 1.30. The van der Waals surface area contributed by atoms with Gasteiger partial charge in [0.25, 0.3) is 0 Å². The number of carbonyl (C=O) groups is 1. The van der Waals surface area contributed by atoms with Crippen LogP contribution in [0.5, 0.6) is 0 Å². The maximum absolute atomic E-state index is 10.4. The van der Waals surface area contributed by atoms with Crippen molar-refractivity contribution >= 4 is 5.91 Å². The van der Waals surface area contributed by atoms with Crippen molar-refractivity contribution in [2.45, 2.75) is 13.0 Å². The monoisotopic (exact) mass is 125 g/mol.